The number of hydrogen-bond acceptors (Lipinski definition) is 3. The predicted molar refractivity (Wildman–Crippen MR) is 89.0 cm³/mol. The normalized spacial score (nSPS) is 17.0. The Kier molecular flexibility index (Phi) is 6.31. The maximum Gasteiger partial charge on any atom is 0.305 e. The lowest BCUT2D eigenvalue weighted by molar-refractivity contribution is -0.137. The molecule has 0 saturated carbocycles. The van der Waals surface area contributed by atoms with Gasteiger partial charge in [-0.25, -0.2) is 0 Å². The third kappa shape index (κ3) is 5.05. The number of carboxylic acid groups (broad SMARTS) is 1. The lowest BCUT2D eigenvalue weighted by atomic mass is 9.96. The molecule has 22 heavy (non-hydrogen) atoms. The zero-order valence-electron chi connectivity index (χ0n) is 12.9. The molecule has 4 nitrogen and oxygen atoms in total. The third-order valence-electron chi connectivity index (χ3n) is 4.09. The van der Waals surface area contributed by atoms with Crippen LogP contribution < -0.4 is 5.32 Å². The number of aryl methyl sites for hydroxylation is 1. The first kappa shape index (κ1) is 16.9. The van der Waals surface area contributed by atoms with Crippen LogP contribution in [0.15, 0.2) is 24.3 Å². The molecule has 1 atom stereocenters. The summed E-state index contributed by atoms with van der Waals surface area (Å²) in [7, 11) is 0. The molecule has 1 aromatic rings. The van der Waals surface area contributed by atoms with E-state index in [0.717, 1.165) is 35.5 Å². The summed E-state index contributed by atoms with van der Waals surface area (Å²) in [5.41, 5.74) is 1.89. The Bertz CT molecular complexity index is 526. The molecule has 0 aromatic heterocycles. The minimum absolute atomic E-state index is 0.0357. The Morgan fingerprint density at radius 2 is 2.00 bits per heavy atom. The van der Waals surface area contributed by atoms with Crippen LogP contribution in [0.5, 0.6) is 0 Å². The number of carbonyl (C=O) groups excluding carboxylic acids is 1. The van der Waals surface area contributed by atoms with Gasteiger partial charge in [-0.3, -0.25) is 9.59 Å². The molecular weight excluding hydrogens is 298 g/mol. The van der Waals surface area contributed by atoms with E-state index in [1.54, 1.807) is 0 Å². The van der Waals surface area contributed by atoms with Crippen molar-refractivity contribution in [3.05, 3.63) is 35.4 Å². The molecule has 1 saturated heterocycles. The van der Waals surface area contributed by atoms with E-state index in [0.29, 0.717) is 12.3 Å². The number of benzene rings is 1. The second-order valence-corrected chi connectivity index (χ2v) is 7.06. The zero-order chi connectivity index (χ0) is 15.9. The average molecular weight is 321 g/mol. The van der Waals surface area contributed by atoms with E-state index >= 15 is 0 Å². The summed E-state index contributed by atoms with van der Waals surface area (Å²) in [4.78, 5) is 23.4. The van der Waals surface area contributed by atoms with Crippen molar-refractivity contribution in [1.29, 1.82) is 0 Å². The highest BCUT2D eigenvalue weighted by Crippen LogP contribution is 2.26. The molecule has 0 bridgehead atoms. The van der Waals surface area contributed by atoms with Gasteiger partial charge in [0.1, 0.15) is 0 Å². The van der Waals surface area contributed by atoms with Crippen molar-refractivity contribution in [2.45, 2.75) is 38.6 Å². The van der Waals surface area contributed by atoms with E-state index in [9.17, 15) is 9.59 Å². The van der Waals surface area contributed by atoms with Crippen LogP contribution in [-0.4, -0.2) is 28.5 Å². The minimum atomic E-state index is -0.900. The number of carboxylic acids is 1. The summed E-state index contributed by atoms with van der Waals surface area (Å²) in [6, 6.07) is 7.17. The molecule has 0 aliphatic carbocycles. The van der Waals surface area contributed by atoms with Gasteiger partial charge < -0.3 is 10.4 Å². The van der Waals surface area contributed by atoms with Gasteiger partial charge in [-0.05, 0) is 48.3 Å². The van der Waals surface area contributed by atoms with Gasteiger partial charge in [0.15, 0.2) is 0 Å². The maximum absolute atomic E-state index is 12.3. The van der Waals surface area contributed by atoms with Crippen molar-refractivity contribution in [3.8, 4) is 0 Å². The maximum atomic E-state index is 12.3. The number of hydrogen-bond donors (Lipinski definition) is 2. The first-order chi connectivity index (χ1) is 10.6. The summed E-state index contributed by atoms with van der Waals surface area (Å²) < 4.78 is 0. The molecule has 5 heteroatoms. The first-order valence-corrected chi connectivity index (χ1v) is 8.86. The van der Waals surface area contributed by atoms with Crippen molar-refractivity contribution >= 4 is 23.6 Å². The fourth-order valence-electron chi connectivity index (χ4n) is 2.86. The van der Waals surface area contributed by atoms with Crippen LogP contribution in [0.2, 0.25) is 0 Å². The van der Waals surface area contributed by atoms with Crippen LogP contribution in [-0.2, 0) is 9.59 Å². The van der Waals surface area contributed by atoms with Gasteiger partial charge in [0.25, 0.3) is 0 Å². The van der Waals surface area contributed by atoms with Crippen molar-refractivity contribution in [2.24, 2.45) is 5.92 Å². The average Bonchev–Trinajstić information content (AvgIpc) is 2.47. The van der Waals surface area contributed by atoms with Crippen molar-refractivity contribution in [1.82, 2.24) is 5.32 Å². The van der Waals surface area contributed by atoms with E-state index in [4.69, 9.17) is 5.11 Å². The van der Waals surface area contributed by atoms with Gasteiger partial charge in [0.2, 0.25) is 5.91 Å². The second-order valence-electron chi connectivity index (χ2n) is 5.83. The van der Waals surface area contributed by atoms with Crippen molar-refractivity contribution in [3.63, 3.8) is 0 Å². The van der Waals surface area contributed by atoms with Gasteiger partial charge in [0, 0.05) is 6.42 Å². The highest BCUT2D eigenvalue weighted by atomic mass is 32.2. The molecule has 1 aliphatic rings. The summed E-state index contributed by atoms with van der Waals surface area (Å²) >= 11 is 1.94. The van der Waals surface area contributed by atoms with Gasteiger partial charge in [-0.1, -0.05) is 24.3 Å². The zero-order valence-corrected chi connectivity index (χ0v) is 13.7. The van der Waals surface area contributed by atoms with E-state index in [1.807, 2.05) is 43.0 Å². The quantitative estimate of drug-likeness (QED) is 0.844. The summed E-state index contributed by atoms with van der Waals surface area (Å²) in [6.07, 6.45) is 2.57. The molecule has 0 radical (unpaired) electrons. The van der Waals surface area contributed by atoms with Gasteiger partial charge in [0.05, 0.1) is 12.5 Å². The molecule has 1 aliphatic heterocycles. The molecule has 1 aromatic carbocycles. The molecular formula is C17H23NO3S. The van der Waals surface area contributed by atoms with Crippen LogP contribution in [0.25, 0.3) is 0 Å². The van der Waals surface area contributed by atoms with Crippen LogP contribution in [0.3, 0.4) is 0 Å². The van der Waals surface area contributed by atoms with Crippen molar-refractivity contribution in [2.75, 3.05) is 11.5 Å². The van der Waals surface area contributed by atoms with Crippen LogP contribution in [0, 0.1) is 12.8 Å². The Hall–Kier alpha value is -1.49. The first-order valence-electron chi connectivity index (χ1n) is 7.70. The van der Waals surface area contributed by atoms with Gasteiger partial charge >= 0.3 is 5.97 Å². The summed E-state index contributed by atoms with van der Waals surface area (Å²) in [5.74, 6) is 1.74. The SMILES string of the molecule is Cc1ccccc1C(CC(=O)O)NC(=O)CC1CCSCC1. The third-order valence-corrected chi connectivity index (χ3v) is 5.14. The molecule has 120 valence electrons. The van der Waals surface area contributed by atoms with Crippen molar-refractivity contribution < 1.29 is 14.7 Å². The molecule has 2 N–H and O–H groups in total. The standard InChI is InChI=1S/C17H23NO3S/c1-12-4-2-3-5-14(12)15(11-17(20)21)18-16(19)10-13-6-8-22-9-7-13/h2-5,13,15H,6-11H2,1H3,(H,18,19)(H,20,21). The Morgan fingerprint density at radius 3 is 2.64 bits per heavy atom. The minimum Gasteiger partial charge on any atom is -0.481 e. The molecule has 1 unspecified atom stereocenters. The van der Waals surface area contributed by atoms with Crippen LogP contribution in [0.4, 0.5) is 0 Å². The smallest absolute Gasteiger partial charge is 0.305 e. The molecule has 0 spiro atoms. The highest BCUT2D eigenvalue weighted by molar-refractivity contribution is 7.99. The molecule has 1 heterocycles. The number of amides is 1. The lowest BCUT2D eigenvalue weighted by Crippen LogP contribution is -2.32. The number of rotatable bonds is 6. The monoisotopic (exact) mass is 321 g/mol. The lowest BCUT2D eigenvalue weighted by Gasteiger charge is -2.23. The van der Waals surface area contributed by atoms with E-state index in [-0.39, 0.29) is 12.3 Å². The number of carbonyl (C=O) groups is 2. The second kappa shape index (κ2) is 8.22. The molecule has 1 fully saturated rings. The van der Waals surface area contributed by atoms with E-state index in [1.165, 1.54) is 0 Å². The summed E-state index contributed by atoms with van der Waals surface area (Å²) in [5, 5.41) is 12.0. The largest absolute Gasteiger partial charge is 0.481 e. The van der Waals surface area contributed by atoms with E-state index in [2.05, 4.69) is 5.32 Å². The molecule has 2 rings (SSSR count). The predicted octanol–water partition coefficient (Wildman–Crippen LogP) is 3.16. The fourth-order valence-corrected chi connectivity index (χ4v) is 4.06. The Morgan fingerprint density at radius 1 is 1.32 bits per heavy atom. The van der Waals surface area contributed by atoms with Crippen LogP contribution in [0.1, 0.15) is 42.9 Å². The topological polar surface area (TPSA) is 66.4 Å². The summed E-state index contributed by atoms with van der Waals surface area (Å²) in [6.45, 7) is 1.94. The van der Waals surface area contributed by atoms with E-state index < -0.39 is 12.0 Å². The Labute approximate surface area is 135 Å². The Balaban J connectivity index is 2.01. The molecule has 1 amide bonds. The highest BCUT2D eigenvalue weighted by Gasteiger charge is 2.22. The number of thioether (sulfide) groups is 1. The number of aliphatic carboxylic acids is 1. The van der Waals surface area contributed by atoms with Crippen LogP contribution >= 0.6 is 11.8 Å². The fraction of sp³-hybridized carbons (Fsp3) is 0.529. The van der Waals surface area contributed by atoms with Gasteiger partial charge in [-0.2, -0.15) is 11.8 Å². The number of nitrogens with one attached hydrogen (secondary N) is 1. The van der Waals surface area contributed by atoms with Gasteiger partial charge in [-0.15, -0.1) is 0 Å².